The molecule has 0 spiro atoms. The molecule has 0 fully saturated rings. The van der Waals surface area contributed by atoms with Gasteiger partial charge in [-0.2, -0.15) is 5.10 Å². The summed E-state index contributed by atoms with van der Waals surface area (Å²) in [4.78, 5) is 0. The van der Waals surface area contributed by atoms with E-state index in [2.05, 4.69) is 42.5 Å². The minimum atomic E-state index is -0.406. The molecule has 170 valence electrons. The second-order valence-electron chi connectivity index (χ2n) is 8.48. The van der Waals surface area contributed by atoms with Crippen molar-refractivity contribution in [2.45, 2.75) is 18.7 Å². The van der Waals surface area contributed by atoms with Crippen molar-refractivity contribution >= 4 is 28.1 Å². The third-order valence-corrected chi connectivity index (χ3v) is 6.76. The fraction of sp³-hybridized carbons (Fsp3) is 0.179. The predicted molar refractivity (Wildman–Crippen MR) is 134 cm³/mol. The zero-order valence-corrected chi connectivity index (χ0v) is 19.6. The summed E-state index contributed by atoms with van der Waals surface area (Å²) < 4.78 is 17.4. The number of halogens is 1. The molecule has 4 aromatic rings. The fourth-order valence-corrected chi connectivity index (χ4v) is 5.01. The van der Waals surface area contributed by atoms with Crippen molar-refractivity contribution in [2.24, 2.45) is 5.10 Å². The van der Waals surface area contributed by atoms with Crippen LogP contribution in [-0.4, -0.2) is 24.9 Å². The number of fused-ring (bicyclic) bond motifs is 4. The Morgan fingerprint density at radius 1 is 0.882 bits per heavy atom. The van der Waals surface area contributed by atoms with Crippen LogP contribution in [0.2, 0.25) is 5.02 Å². The summed E-state index contributed by atoms with van der Waals surface area (Å²) in [5, 5.41) is 10.2. The van der Waals surface area contributed by atoms with Crippen LogP contribution in [0.3, 0.4) is 0 Å². The molecule has 0 radical (unpaired) electrons. The third kappa shape index (κ3) is 3.44. The van der Waals surface area contributed by atoms with Crippen LogP contribution >= 0.6 is 11.6 Å². The average Bonchev–Trinajstić information content (AvgIpc) is 3.33. The lowest BCUT2D eigenvalue weighted by molar-refractivity contribution is -0.0191. The van der Waals surface area contributed by atoms with Gasteiger partial charge in [-0.05, 0) is 58.8 Å². The van der Waals surface area contributed by atoms with E-state index >= 15 is 0 Å². The summed E-state index contributed by atoms with van der Waals surface area (Å²) in [5.74, 6) is 2.15. The quantitative estimate of drug-likeness (QED) is 0.331. The number of nitrogens with zero attached hydrogens (tertiary/aromatic N) is 2. The molecule has 2 aliphatic heterocycles. The summed E-state index contributed by atoms with van der Waals surface area (Å²) in [6.45, 7) is 0. The molecule has 2 heterocycles. The Morgan fingerprint density at radius 2 is 1.71 bits per heavy atom. The zero-order valence-electron chi connectivity index (χ0n) is 18.9. The van der Waals surface area contributed by atoms with Crippen LogP contribution in [0, 0.1) is 0 Å². The van der Waals surface area contributed by atoms with E-state index in [1.807, 2.05) is 41.4 Å². The van der Waals surface area contributed by atoms with E-state index in [0.717, 1.165) is 34.6 Å². The number of hydrogen-bond donors (Lipinski definition) is 0. The summed E-state index contributed by atoms with van der Waals surface area (Å²) in [6, 6.07) is 26.5. The highest BCUT2D eigenvalue weighted by Crippen LogP contribution is 2.49. The first-order valence-electron chi connectivity index (χ1n) is 11.2. The van der Waals surface area contributed by atoms with E-state index in [0.29, 0.717) is 16.5 Å². The van der Waals surface area contributed by atoms with Gasteiger partial charge in [-0.25, -0.2) is 5.01 Å². The number of benzene rings is 4. The molecule has 5 nitrogen and oxygen atoms in total. The molecule has 6 rings (SSSR count). The van der Waals surface area contributed by atoms with Crippen LogP contribution in [-0.2, 0) is 0 Å². The highest BCUT2D eigenvalue weighted by Gasteiger charge is 2.41. The lowest BCUT2D eigenvalue weighted by atomic mass is 9.95. The maximum atomic E-state index is 6.48. The Bertz CT molecular complexity index is 1430. The van der Waals surface area contributed by atoms with Gasteiger partial charge < -0.3 is 14.2 Å². The lowest BCUT2D eigenvalue weighted by Gasteiger charge is -2.38. The number of hydrazone groups is 1. The van der Waals surface area contributed by atoms with Gasteiger partial charge in [0.2, 0.25) is 6.23 Å². The van der Waals surface area contributed by atoms with Crippen LogP contribution in [0.1, 0.15) is 35.4 Å². The van der Waals surface area contributed by atoms with Crippen LogP contribution in [0.4, 0.5) is 0 Å². The topological polar surface area (TPSA) is 43.3 Å². The predicted octanol–water partition coefficient (Wildman–Crippen LogP) is 6.75. The van der Waals surface area contributed by atoms with E-state index in [-0.39, 0.29) is 6.04 Å². The van der Waals surface area contributed by atoms with Gasteiger partial charge >= 0.3 is 0 Å². The Balaban J connectivity index is 1.45. The van der Waals surface area contributed by atoms with Gasteiger partial charge in [-0.15, -0.1) is 0 Å². The maximum absolute atomic E-state index is 6.48. The normalized spacial score (nSPS) is 18.7. The van der Waals surface area contributed by atoms with Gasteiger partial charge in [0.25, 0.3) is 0 Å². The Labute approximate surface area is 203 Å². The average molecular weight is 471 g/mol. The number of rotatable bonds is 4. The van der Waals surface area contributed by atoms with E-state index in [1.165, 1.54) is 10.8 Å². The molecule has 2 aliphatic rings. The maximum Gasteiger partial charge on any atom is 0.214 e. The molecule has 0 amide bonds. The van der Waals surface area contributed by atoms with Crippen molar-refractivity contribution in [2.75, 3.05) is 14.2 Å². The van der Waals surface area contributed by atoms with Crippen LogP contribution in [0.5, 0.6) is 17.2 Å². The summed E-state index contributed by atoms with van der Waals surface area (Å²) in [7, 11) is 3.26. The number of ether oxygens (including phenoxy) is 3. The first-order valence-corrected chi connectivity index (χ1v) is 11.6. The van der Waals surface area contributed by atoms with Crippen LogP contribution in [0.25, 0.3) is 10.8 Å². The molecule has 4 aromatic carbocycles. The minimum absolute atomic E-state index is 0.0158. The van der Waals surface area contributed by atoms with E-state index in [4.69, 9.17) is 30.9 Å². The van der Waals surface area contributed by atoms with Crippen LogP contribution in [0.15, 0.2) is 84.0 Å². The van der Waals surface area contributed by atoms with E-state index in [9.17, 15) is 0 Å². The van der Waals surface area contributed by atoms with Gasteiger partial charge in [-0.3, -0.25) is 0 Å². The smallest absolute Gasteiger partial charge is 0.214 e. The summed E-state index contributed by atoms with van der Waals surface area (Å²) in [6.07, 6.45) is 0.357. The van der Waals surface area contributed by atoms with Gasteiger partial charge in [-0.1, -0.05) is 48.0 Å². The van der Waals surface area contributed by atoms with E-state index < -0.39 is 6.23 Å². The molecule has 0 saturated carbocycles. The molecule has 0 aliphatic carbocycles. The number of methoxy groups -OCH3 is 2. The molecule has 0 aromatic heterocycles. The first kappa shape index (κ1) is 20.9. The van der Waals surface area contributed by atoms with Crippen molar-refractivity contribution in [3.05, 3.63) is 101 Å². The molecule has 0 N–H and O–H groups in total. The molecule has 0 saturated heterocycles. The highest BCUT2D eigenvalue weighted by molar-refractivity contribution is 6.30. The van der Waals surface area contributed by atoms with Crippen molar-refractivity contribution in [1.29, 1.82) is 0 Å². The van der Waals surface area contributed by atoms with Crippen molar-refractivity contribution in [1.82, 2.24) is 5.01 Å². The fourth-order valence-electron chi connectivity index (χ4n) is 4.83. The van der Waals surface area contributed by atoms with Crippen molar-refractivity contribution in [3.63, 3.8) is 0 Å². The van der Waals surface area contributed by atoms with Gasteiger partial charge in [0.1, 0.15) is 5.75 Å². The Hall–Kier alpha value is -3.70. The molecule has 0 unspecified atom stereocenters. The minimum Gasteiger partial charge on any atom is -0.493 e. The van der Waals surface area contributed by atoms with Crippen LogP contribution < -0.4 is 14.2 Å². The number of hydrogen-bond acceptors (Lipinski definition) is 5. The van der Waals surface area contributed by atoms with Crippen molar-refractivity contribution in [3.8, 4) is 17.2 Å². The molecular formula is C28H23ClN2O3. The van der Waals surface area contributed by atoms with Gasteiger partial charge in [0.15, 0.2) is 11.5 Å². The second kappa shape index (κ2) is 8.26. The lowest BCUT2D eigenvalue weighted by Crippen LogP contribution is -2.33. The molecule has 0 bridgehead atoms. The Kier molecular flexibility index (Phi) is 5.07. The zero-order chi connectivity index (χ0) is 23.2. The van der Waals surface area contributed by atoms with Gasteiger partial charge in [0, 0.05) is 22.6 Å². The van der Waals surface area contributed by atoms with Gasteiger partial charge in [0.05, 0.1) is 26.0 Å². The Morgan fingerprint density at radius 3 is 2.53 bits per heavy atom. The summed E-state index contributed by atoms with van der Waals surface area (Å²) >= 11 is 6.37. The highest BCUT2D eigenvalue weighted by atomic mass is 35.5. The third-order valence-electron chi connectivity index (χ3n) is 6.53. The molecular weight excluding hydrogens is 448 g/mol. The largest absolute Gasteiger partial charge is 0.493 e. The molecule has 2 atom stereocenters. The molecule has 34 heavy (non-hydrogen) atoms. The van der Waals surface area contributed by atoms with Crippen molar-refractivity contribution < 1.29 is 14.2 Å². The first-order chi connectivity index (χ1) is 16.6. The molecule has 6 heteroatoms. The summed E-state index contributed by atoms with van der Waals surface area (Å²) in [5.41, 5.74) is 4.12. The van der Waals surface area contributed by atoms with E-state index in [1.54, 1.807) is 14.2 Å². The monoisotopic (exact) mass is 470 g/mol. The standard InChI is InChI=1S/C28H23ClN2O3/c1-32-26-11-9-20(14-27(26)33-2)28-31-24(22-15-21(29)10-12-25(22)34-28)16-23(30-31)19-8-7-17-5-3-4-6-18(17)13-19/h3-15,24,28H,16H2,1-2H3/t24-,28-/m1/s1. The second-order valence-corrected chi connectivity index (χ2v) is 8.91. The SMILES string of the molecule is COc1ccc([C@H]2Oc3ccc(Cl)cc3[C@H]3CC(c4ccc5ccccc5c4)=NN32)cc1OC.